The predicted molar refractivity (Wildman–Crippen MR) is 77.0 cm³/mol. The van der Waals surface area contributed by atoms with Crippen molar-refractivity contribution in [3.05, 3.63) is 17.7 Å². The van der Waals surface area contributed by atoms with Crippen molar-refractivity contribution >= 4 is 12.4 Å². The van der Waals surface area contributed by atoms with Gasteiger partial charge in [0.2, 0.25) is 0 Å². The Bertz CT molecular complexity index is 485. The molecule has 9 heteroatoms. The summed E-state index contributed by atoms with van der Waals surface area (Å²) in [5.74, 6) is 0.799. The summed E-state index contributed by atoms with van der Waals surface area (Å²) in [6.07, 6.45) is -6.71. The van der Waals surface area contributed by atoms with E-state index in [0.29, 0.717) is 5.75 Å². The molecule has 0 radical (unpaired) electrons. The first kappa shape index (κ1) is 20.6. The third kappa shape index (κ3) is 4.82. The quantitative estimate of drug-likeness (QED) is 0.828. The Morgan fingerprint density at radius 1 is 1.05 bits per heavy atom. The maximum absolute atomic E-state index is 12.5. The van der Waals surface area contributed by atoms with Crippen molar-refractivity contribution in [3.8, 4) is 17.2 Å². The summed E-state index contributed by atoms with van der Waals surface area (Å²) in [6, 6.07) is 0.660. The van der Waals surface area contributed by atoms with Crippen LogP contribution in [-0.2, 0) is 0 Å². The van der Waals surface area contributed by atoms with E-state index in [9.17, 15) is 18.3 Å². The van der Waals surface area contributed by atoms with Crippen LogP contribution in [0.1, 0.15) is 18.1 Å². The van der Waals surface area contributed by atoms with Crippen LogP contribution in [-0.4, -0.2) is 38.7 Å². The lowest BCUT2D eigenvalue weighted by atomic mass is 10.0. The van der Waals surface area contributed by atoms with Gasteiger partial charge < -0.3 is 25.1 Å². The number of rotatable bonds is 6. The van der Waals surface area contributed by atoms with Gasteiger partial charge >= 0.3 is 6.18 Å². The molecule has 0 aliphatic carbocycles. The molecule has 128 valence electrons. The second kappa shape index (κ2) is 8.30. The van der Waals surface area contributed by atoms with E-state index in [-0.39, 0.29) is 29.5 Å². The molecule has 0 bridgehead atoms. The SMILES string of the molecule is COc1cc(OC)c([C@H](O)C[C@H](N)C(F)(F)F)cc1OC.Cl. The Labute approximate surface area is 132 Å². The standard InChI is InChI=1S/C13H18F3NO4.ClH/c1-19-9-6-11(21-3)10(20-2)4-7(9)8(18)5-12(17)13(14,15)16;/h4,6,8,12,18H,5,17H2,1-3H3;1H/t8-,12+;/m1./s1. The maximum Gasteiger partial charge on any atom is 0.403 e. The van der Waals surface area contributed by atoms with Crippen LogP contribution >= 0.6 is 12.4 Å². The molecule has 1 aromatic carbocycles. The zero-order valence-electron chi connectivity index (χ0n) is 12.3. The lowest BCUT2D eigenvalue weighted by molar-refractivity contribution is -0.153. The summed E-state index contributed by atoms with van der Waals surface area (Å²) >= 11 is 0. The van der Waals surface area contributed by atoms with Gasteiger partial charge in [0.25, 0.3) is 0 Å². The van der Waals surface area contributed by atoms with Gasteiger partial charge in [-0.05, 0) is 6.07 Å². The van der Waals surface area contributed by atoms with Gasteiger partial charge in [-0.1, -0.05) is 0 Å². The molecule has 3 N–H and O–H groups in total. The summed E-state index contributed by atoms with van der Waals surface area (Å²) in [4.78, 5) is 0. The van der Waals surface area contributed by atoms with Crippen LogP contribution in [0.5, 0.6) is 17.2 Å². The highest BCUT2D eigenvalue weighted by Gasteiger charge is 2.38. The molecule has 5 nitrogen and oxygen atoms in total. The number of ether oxygens (including phenoxy) is 3. The third-order valence-corrected chi connectivity index (χ3v) is 2.99. The molecule has 0 aromatic heterocycles. The Kier molecular flexibility index (Phi) is 7.78. The normalized spacial score (nSPS) is 13.8. The van der Waals surface area contributed by atoms with Crippen molar-refractivity contribution in [2.24, 2.45) is 5.73 Å². The molecule has 0 heterocycles. The van der Waals surface area contributed by atoms with E-state index in [4.69, 9.17) is 19.9 Å². The highest BCUT2D eigenvalue weighted by molar-refractivity contribution is 5.85. The first-order valence-electron chi connectivity index (χ1n) is 6.04. The molecule has 0 aliphatic heterocycles. The van der Waals surface area contributed by atoms with E-state index in [0.717, 1.165) is 0 Å². The molecular formula is C13H19ClF3NO4. The van der Waals surface area contributed by atoms with E-state index < -0.39 is 24.7 Å². The van der Waals surface area contributed by atoms with Gasteiger partial charge in [0.1, 0.15) is 11.8 Å². The van der Waals surface area contributed by atoms with E-state index in [1.54, 1.807) is 0 Å². The van der Waals surface area contributed by atoms with Crippen LogP contribution in [0, 0.1) is 0 Å². The van der Waals surface area contributed by atoms with Gasteiger partial charge in [-0.15, -0.1) is 12.4 Å². The van der Waals surface area contributed by atoms with E-state index in [1.165, 1.54) is 33.5 Å². The fraction of sp³-hybridized carbons (Fsp3) is 0.538. The molecule has 0 spiro atoms. The lowest BCUT2D eigenvalue weighted by Gasteiger charge is -2.21. The van der Waals surface area contributed by atoms with Crippen molar-refractivity contribution in [1.29, 1.82) is 0 Å². The first-order valence-corrected chi connectivity index (χ1v) is 6.04. The van der Waals surface area contributed by atoms with Gasteiger partial charge in [0.15, 0.2) is 11.5 Å². The Hall–Kier alpha value is -1.38. The summed E-state index contributed by atoms with van der Waals surface area (Å²) in [6.45, 7) is 0. The molecular weight excluding hydrogens is 327 g/mol. The molecule has 0 saturated carbocycles. The number of aliphatic hydroxyl groups is 1. The fourth-order valence-corrected chi connectivity index (χ4v) is 1.81. The lowest BCUT2D eigenvalue weighted by Crippen LogP contribution is -2.38. The number of benzene rings is 1. The first-order chi connectivity index (χ1) is 9.74. The van der Waals surface area contributed by atoms with Crippen molar-refractivity contribution in [2.75, 3.05) is 21.3 Å². The topological polar surface area (TPSA) is 73.9 Å². The van der Waals surface area contributed by atoms with Crippen LogP contribution in [0.4, 0.5) is 13.2 Å². The smallest absolute Gasteiger partial charge is 0.403 e. The van der Waals surface area contributed by atoms with Crippen molar-refractivity contribution in [2.45, 2.75) is 24.7 Å². The second-order valence-corrected chi connectivity index (χ2v) is 4.35. The minimum Gasteiger partial charge on any atom is -0.496 e. The zero-order chi connectivity index (χ0) is 16.2. The van der Waals surface area contributed by atoms with Crippen LogP contribution in [0.25, 0.3) is 0 Å². The summed E-state index contributed by atoms with van der Waals surface area (Å²) in [7, 11) is 4.12. The largest absolute Gasteiger partial charge is 0.496 e. The van der Waals surface area contributed by atoms with Crippen molar-refractivity contribution in [3.63, 3.8) is 0 Å². The molecule has 1 rings (SSSR count). The summed E-state index contributed by atoms with van der Waals surface area (Å²) in [5, 5.41) is 9.99. The Balaban J connectivity index is 0.00000441. The molecule has 0 amide bonds. The van der Waals surface area contributed by atoms with Gasteiger partial charge in [-0.25, -0.2) is 0 Å². The second-order valence-electron chi connectivity index (χ2n) is 4.35. The highest BCUT2D eigenvalue weighted by atomic mass is 35.5. The van der Waals surface area contributed by atoms with Crippen molar-refractivity contribution in [1.82, 2.24) is 0 Å². The number of halogens is 4. The number of aliphatic hydroxyl groups excluding tert-OH is 1. The number of hydrogen-bond donors (Lipinski definition) is 2. The van der Waals surface area contributed by atoms with Gasteiger partial charge in [-0.3, -0.25) is 0 Å². The van der Waals surface area contributed by atoms with Crippen LogP contribution < -0.4 is 19.9 Å². The minimum absolute atomic E-state index is 0. The average Bonchev–Trinajstić information content (AvgIpc) is 2.44. The van der Waals surface area contributed by atoms with Gasteiger partial charge in [0, 0.05) is 18.1 Å². The Morgan fingerprint density at radius 2 is 1.50 bits per heavy atom. The molecule has 2 atom stereocenters. The zero-order valence-corrected chi connectivity index (χ0v) is 13.1. The van der Waals surface area contributed by atoms with Crippen LogP contribution in [0.3, 0.4) is 0 Å². The maximum atomic E-state index is 12.5. The van der Waals surface area contributed by atoms with E-state index >= 15 is 0 Å². The van der Waals surface area contributed by atoms with Crippen molar-refractivity contribution < 1.29 is 32.5 Å². The van der Waals surface area contributed by atoms with Crippen LogP contribution in [0.15, 0.2) is 12.1 Å². The molecule has 0 aliphatic rings. The highest BCUT2D eigenvalue weighted by Crippen LogP contribution is 2.39. The number of hydrogen-bond acceptors (Lipinski definition) is 5. The molecule has 0 unspecified atom stereocenters. The number of nitrogens with two attached hydrogens (primary N) is 1. The predicted octanol–water partition coefficient (Wildman–Crippen LogP) is 2.45. The number of methoxy groups -OCH3 is 3. The average molecular weight is 346 g/mol. The number of alkyl halides is 3. The van der Waals surface area contributed by atoms with Gasteiger partial charge in [-0.2, -0.15) is 13.2 Å². The Morgan fingerprint density at radius 3 is 1.91 bits per heavy atom. The molecule has 1 aromatic rings. The van der Waals surface area contributed by atoms with E-state index in [2.05, 4.69) is 0 Å². The third-order valence-electron chi connectivity index (χ3n) is 2.99. The van der Waals surface area contributed by atoms with E-state index in [1.807, 2.05) is 0 Å². The minimum atomic E-state index is -4.58. The summed E-state index contributed by atoms with van der Waals surface area (Å²) < 4.78 is 52.5. The monoisotopic (exact) mass is 345 g/mol. The molecule has 0 saturated heterocycles. The molecule has 22 heavy (non-hydrogen) atoms. The fourth-order valence-electron chi connectivity index (χ4n) is 1.81. The molecule has 0 fully saturated rings. The van der Waals surface area contributed by atoms with Crippen LogP contribution in [0.2, 0.25) is 0 Å². The summed E-state index contributed by atoms with van der Waals surface area (Å²) in [5.41, 5.74) is 5.17. The van der Waals surface area contributed by atoms with Gasteiger partial charge in [0.05, 0.1) is 27.4 Å².